The van der Waals surface area contributed by atoms with Gasteiger partial charge >= 0.3 is 0 Å². The fraction of sp³-hybridized carbons (Fsp3) is 0.500. The molecule has 1 saturated heterocycles. The Morgan fingerprint density at radius 2 is 1.87 bits per heavy atom. The lowest BCUT2D eigenvalue weighted by atomic mass is 9.98. The van der Waals surface area contributed by atoms with E-state index >= 15 is 0 Å². The third-order valence-electron chi connectivity index (χ3n) is 4.89. The van der Waals surface area contributed by atoms with Crippen LogP contribution >= 0.6 is 11.3 Å². The molecule has 0 unspecified atom stereocenters. The zero-order valence-electron chi connectivity index (χ0n) is 18.1. The number of aromatic nitrogens is 1. The first-order chi connectivity index (χ1) is 14.3. The Bertz CT molecular complexity index is 867. The monoisotopic (exact) mass is 430 g/mol. The maximum Gasteiger partial charge on any atom is 0.266 e. The lowest BCUT2D eigenvalue weighted by Gasteiger charge is -2.29. The van der Waals surface area contributed by atoms with E-state index in [4.69, 9.17) is 4.74 Å². The van der Waals surface area contributed by atoms with Gasteiger partial charge in [0.1, 0.15) is 11.4 Å². The SMILES string of the molecule is CCN(CC(=O)Nc1ccc(N2CCOCC2)cc1)C(=O)c1cnc(C(C)(C)C)s1. The Morgan fingerprint density at radius 1 is 1.20 bits per heavy atom. The van der Waals surface area contributed by atoms with Crippen LogP contribution in [0.1, 0.15) is 42.4 Å². The molecule has 0 aliphatic carbocycles. The molecule has 0 saturated carbocycles. The minimum Gasteiger partial charge on any atom is -0.378 e. The molecule has 1 aliphatic heterocycles. The third-order valence-corrected chi connectivity index (χ3v) is 6.30. The van der Waals surface area contributed by atoms with Crippen LogP contribution in [-0.2, 0) is 14.9 Å². The van der Waals surface area contributed by atoms with Crippen LogP contribution in [0.4, 0.5) is 11.4 Å². The van der Waals surface area contributed by atoms with E-state index in [0.29, 0.717) is 17.1 Å². The Balaban J connectivity index is 1.58. The minimum absolute atomic E-state index is 0.00327. The second kappa shape index (κ2) is 9.57. The van der Waals surface area contributed by atoms with E-state index in [-0.39, 0.29) is 23.8 Å². The Labute approximate surface area is 182 Å². The van der Waals surface area contributed by atoms with Crippen molar-refractivity contribution in [2.45, 2.75) is 33.1 Å². The van der Waals surface area contributed by atoms with Crippen molar-refractivity contribution < 1.29 is 14.3 Å². The van der Waals surface area contributed by atoms with Gasteiger partial charge in [0.05, 0.1) is 24.4 Å². The van der Waals surface area contributed by atoms with E-state index < -0.39 is 0 Å². The molecule has 8 heteroatoms. The fourth-order valence-electron chi connectivity index (χ4n) is 3.15. The van der Waals surface area contributed by atoms with Gasteiger partial charge in [-0.25, -0.2) is 4.98 Å². The first-order valence-electron chi connectivity index (χ1n) is 10.3. The van der Waals surface area contributed by atoms with E-state index in [1.54, 1.807) is 6.20 Å². The van der Waals surface area contributed by atoms with E-state index in [1.165, 1.54) is 16.2 Å². The van der Waals surface area contributed by atoms with Crippen molar-refractivity contribution in [2.24, 2.45) is 0 Å². The molecule has 0 atom stereocenters. The number of morpholine rings is 1. The van der Waals surface area contributed by atoms with Gasteiger partial charge in [0.2, 0.25) is 5.91 Å². The lowest BCUT2D eigenvalue weighted by molar-refractivity contribution is -0.116. The summed E-state index contributed by atoms with van der Waals surface area (Å²) < 4.78 is 5.38. The smallest absolute Gasteiger partial charge is 0.266 e. The van der Waals surface area contributed by atoms with Crippen LogP contribution in [0.2, 0.25) is 0 Å². The van der Waals surface area contributed by atoms with E-state index in [1.807, 2.05) is 31.2 Å². The number of amides is 2. The van der Waals surface area contributed by atoms with Gasteiger partial charge in [0.25, 0.3) is 5.91 Å². The number of benzene rings is 1. The van der Waals surface area contributed by atoms with E-state index in [9.17, 15) is 9.59 Å². The van der Waals surface area contributed by atoms with E-state index in [2.05, 4.69) is 36.0 Å². The van der Waals surface area contributed by atoms with Crippen LogP contribution in [0.5, 0.6) is 0 Å². The summed E-state index contributed by atoms with van der Waals surface area (Å²) in [7, 11) is 0. The van der Waals surface area contributed by atoms with Gasteiger partial charge in [0, 0.05) is 36.4 Å². The van der Waals surface area contributed by atoms with Crippen molar-refractivity contribution in [3.63, 3.8) is 0 Å². The number of hydrogen-bond donors (Lipinski definition) is 1. The van der Waals surface area contributed by atoms with Gasteiger partial charge in [0.15, 0.2) is 0 Å². The summed E-state index contributed by atoms with van der Waals surface area (Å²) in [6.07, 6.45) is 1.61. The summed E-state index contributed by atoms with van der Waals surface area (Å²) in [5.74, 6) is -0.381. The molecule has 0 spiro atoms. The topological polar surface area (TPSA) is 74.8 Å². The molecule has 2 aromatic rings. The molecular formula is C22H30N4O3S. The molecule has 1 N–H and O–H groups in total. The quantitative estimate of drug-likeness (QED) is 0.760. The molecule has 30 heavy (non-hydrogen) atoms. The van der Waals surface area contributed by atoms with E-state index in [0.717, 1.165) is 37.0 Å². The van der Waals surface area contributed by atoms with Crippen LogP contribution < -0.4 is 10.2 Å². The van der Waals surface area contributed by atoms with Gasteiger partial charge in [-0.2, -0.15) is 0 Å². The molecule has 1 aromatic heterocycles. The second-order valence-corrected chi connectivity index (χ2v) is 9.32. The predicted octanol–water partition coefficient (Wildman–Crippen LogP) is 3.38. The standard InChI is InChI=1S/C22H30N4O3S/c1-5-25(20(28)18-14-23-21(30-18)22(2,3)4)15-19(27)24-16-6-8-17(9-7-16)26-10-12-29-13-11-26/h6-9,14H,5,10-13,15H2,1-4H3,(H,24,27). The van der Waals surface area contributed by atoms with Crippen LogP contribution in [0.3, 0.4) is 0 Å². The van der Waals surface area contributed by atoms with Crippen molar-refractivity contribution in [1.29, 1.82) is 0 Å². The first-order valence-corrected chi connectivity index (χ1v) is 11.1. The number of nitrogens with one attached hydrogen (secondary N) is 1. The molecule has 3 rings (SSSR count). The molecule has 0 bridgehead atoms. The van der Waals surface area contributed by atoms with Crippen LogP contribution in [0, 0.1) is 0 Å². The van der Waals surface area contributed by atoms with Crippen molar-refractivity contribution in [3.8, 4) is 0 Å². The lowest BCUT2D eigenvalue weighted by Crippen LogP contribution is -2.37. The molecule has 1 fully saturated rings. The fourth-order valence-corrected chi connectivity index (χ4v) is 4.10. The van der Waals surface area contributed by atoms with Gasteiger partial charge in [-0.05, 0) is 31.2 Å². The van der Waals surface area contributed by atoms with Crippen molar-refractivity contribution in [1.82, 2.24) is 9.88 Å². The summed E-state index contributed by atoms with van der Waals surface area (Å²) in [6, 6.07) is 7.77. The highest BCUT2D eigenvalue weighted by Gasteiger charge is 2.24. The highest BCUT2D eigenvalue weighted by atomic mass is 32.1. The summed E-state index contributed by atoms with van der Waals surface area (Å²) in [4.78, 5) is 34.1. The molecule has 1 aromatic carbocycles. The first kappa shape index (κ1) is 22.2. The molecule has 2 amide bonds. The van der Waals surface area contributed by atoms with Gasteiger partial charge in [-0.1, -0.05) is 20.8 Å². The van der Waals surface area contributed by atoms with Gasteiger partial charge in [-0.3, -0.25) is 9.59 Å². The molecular weight excluding hydrogens is 400 g/mol. The molecule has 1 aliphatic rings. The average molecular weight is 431 g/mol. The number of rotatable bonds is 6. The summed E-state index contributed by atoms with van der Waals surface area (Å²) in [6.45, 7) is 11.7. The number of thiazole rings is 1. The van der Waals surface area contributed by atoms with Crippen LogP contribution in [-0.4, -0.2) is 61.1 Å². The zero-order chi connectivity index (χ0) is 21.7. The van der Waals surface area contributed by atoms with Crippen LogP contribution in [0.25, 0.3) is 0 Å². The normalized spacial score (nSPS) is 14.5. The average Bonchev–Trinajstić information content (AvgIpc) is 3.23. The zero-order valence-corrected chi connectivity index (χ0v) is 18.9. The van der Waals surface area contributed by atoms with Crippen molar-refractivity contribution in [3.05, 3.63) is 40.3 Å². The largest absolute Gasteiger partial charge is 0.378 e. The summed E-state index contributed by atoms with van der Waals surface area (Å²) in [5.41, 5.74) is 1.72. The molecule has 0 radical (unpaired) electrons. The van der Waals surface area contributed by atoms with Crippen molar-refractivity contribution in [2.75, 3.05) is 49.6 Å². The molecule has 2 heterocycles. The third kappa shape index (κ3) is 5.58. The Hall–Kier alpha value is -2.45. The predicted molar refractivity (Wildman–Crippen MR) is 120 cm³/mol. The Morgan fingerprint density at radius 3 is 2.43 bits per heavy atom. The number of nitrogens with zero attached hydrogens (tertiary/aromatic N) is 3. The summed E-state index contributed by atoms with van der Waals surface area (Å²) in [5, 5.41) is 3.79. The maximum atomic E-state index is 12.8. The number of ether oxygens (including phenoxy) is 1. The number of anilines is 2. The molecule has 7 nitrogen and oxygen atoms in total. The van der Waals surface area contributed by atoms with Crippen LogP contribution in [0.15, 0.2) is 30.5 Å². The van der Waals surface area contributed by atoms with Crippen molar-refractivity contribution >= 4 is 34.5 Å². The van der Waals surface area contributed by atoms with Gasteiger partial charge in [-0.15, -0.1) is 11.3 Å². The summed E-state index contributed by atoms with van der Waals surface area (Å²) >= 11 is 1.39. The number of carbonyl (C=O) groups excluding carboxylic acids is 2. The van der Waals surface area contributed by atoms with Gasteiger partial charge < -0.3 is 19.9 Å². The minimum atomic E-state index is -0.218. The number of hydrogen-bond acceptors (Lipinski definition) is 6. The highest BCUT2D eigenvalue weighted by Crippen LogP contribution is 2.27. The Kier molecular flexibility index (Phi) is 7.10. The number of carbonyl (C=O) groups is 2. The molecule has 162 valence electrons. The number of likely N-dealkylation sites (N-methyl/N-ethyl adjacent to an activating group) is 1. The second-order valence-electron chi connectivity index (χ2n) is 8.29. The highest BCUT2D eigenvalue weighted by molar-refractivity contribution is 7.13. The maximum absolute atomic E-state index is 12.8.